The summed E-state index contributed by atoms with van der Waals surface area (Å²) in [6.07, 6.45) is 3.66. The fourth-order valence-electron chi connectivity index (χ4n) is 1.53. The van der Waals surface area contributed by atoms with Crippen LogP contribution in [0, 0.1) is 5.92 Å². The Bertz CT molecular complexity index is 338. The number of rotatable bonds is 8. The van der Waals surface area contributed by atoms with Gasteiger partial charge >= 0.3 is 0 Å². The van der Waals surface area contributed by atoms with Crippen molar-refractivity contribution in [1.82, 2.24) is 15.6 Å². The minimum absolute atomic E-state index is 0.0664. The second kappa shape index (κ2) is 8.64. The molecule has 0 aromatic carbocycles. The summed E-state index contributed by atoms with van der Waals surface area (Å²) in [5.41, 5.74) is 1.05. The van der Waals surface area contributed by atoms with E-state index in [0.717, 1.165) is 31.6 Å². The van der Waals surface area contributed by atoms with E-state index in [4.69, 9.17) is 0 Å². The highest BCUT2D eigenvalue weighted by atomic mass is 16.1. The van der Waals surface area contributed by atoms with Crippen LogP contribution in [0.1, 0.15) is 26.0 Å². The molecule has 0 aliphatic heterocycles. The van der Waals surface area contributed by atoms with Crippen LogP contribution in [0.3, 0.4) is 0 Å². The molecule has 1 rings (SSSR count). The lowest BCUT2D eigenvalue weighted by Crippen LogP contribution is -2.35. The van der Waals surface area contributed by atoms with Crippen molar-refractivity contribution in [1.29, 1.82) is 0 Å². The Kier molecular flexibility index (Phi) is 7.03. The maximum absolute atomic E-state index is 11.4. The van der Waals surface area contributed by atoms with E-state index in [1.54, 1.807) is 6.20 Å². The smallest absolute Gasteiger partial charge is 0.233 e. The standard InChI is InChI=1S/C14H23N3O/c1-12(2)6-10-17-14(18)11-15-9-7-13-5-3-4-8-16-13/h3-5,8,12,15H,6-7,9-11H2,1-2H3,(H,17,18). The molecule has 0 atom stereocenters. The molecular formula is C14H23N3O. The summed E-state index contributed by atoms with van der Waals surface area (Å²) in [5, 5.41) is 6.02. The zero-order valence-electron chi connectivity index (χ0n) is 11.3. The number of hydrogen-bond acceptors (Lipinski definition) is 3. The topological polar surface area (TPSA) is 54.0 Å². The van der Waals surface area contributed by atoms with Crippen LogP contribution in [0.25, 0.3) is 0 Å². The summed E-state index contributed by atoms with van der Waals surface area (Å²) in [6, 6.07) is 5.87. The molecule has 0 saturated carbocycles. The molecule has 0 saturated heterocycles. The monoisotopic (exact) mass is 249 g/mol. The minimum atomic E-state index is 0.0664. The molecule has 0 bridgehead atoms. The number of nitrogens with one attached hydrogen (secondary N) is 2. The van der Waals surface area contributed by atoms with Gasteiger partial charge in [0.1, 0.15) is 0 Å². The lowest BCUT2D eigenvalue weighted by atomic mass is 10.1. The number of aromatic nitrogens is 1. The molecule has 4 nitrogen and oxygen atoms in total. The van der Waals surface area contributed by atoms with Gasteiger partial charge in [0, 0.05) is 31.4 Å². The molecule has 0 aliphatic carbocycles. The van der Waals surface area contributed by atoms with Crippen LogP contribution in [-0.4, -0.2) is 30.5 Å². The maximum atomic E-state index is 11.4. The van der Waals surface area contributed by atoms with Crippen molar-refractivity contribution in [2.45, 2.75) is 26.7 Å². The summed E-state index contributed by atoms with van der Waals surface area (Å²) in [6.45, 7) is 6.21. The van der Waals surface area contributed by atoms with Crippen LogP contribution in [0.4, 0.5) is 0 Å². The van der Waals surface area contributed by atoms with E-state index in [1.807, 2.05) is 18.2 Å². The number of amides is 1. The van der Waals surface area contributed by atoms with Gasteiger partial charge < -0.3 is 10.6 Å². The van der Waals surface area contributed by atoms with Crippen LogP contribution in [0.15, 0.2) is 24.4 Å². The van der Waals surface area contributed by atoms with Gasteiger partial charge in [-0.1, -0.05) is 19.9 Å². The second-order valence-electron chi connectivity index (χ2n) is 4.78. The molecule has 1 aromatic rings. The highest BCUT2D eigenvalue weighted by molar-refractivity contribution is 5.77. The van der Waals surface area contributed by atoms with Gasteiger partial charge in [-0.15, -0.1) is 0 Å². The van der Waals surface area contributed by atoms with E-state index in [-0.39, 0.29) is 5.91 Å². The first kappa shape index (κ1) is 14.6. The van der Waals surface area contributed by atoms with Crippen molar-refractivity contribution in [3.63, 3.8) is 0 Å². The third-order valence-corrected chi connectivity index (χ3v) is 2.61. The molecule has 0 aliphatic rings. The summed E-state index contributed by atoms with van der Waals surface area (Å²) in [5.74, 6) is 0.694. The summed E-state index contributed by atoms with van der Waals surface area (Å²) in [7, 11) is 0. The van der Waals surface area contributed by atoms with E-state index in [2.05, 4.69) is 29.5 Å². The van der Waals surface area contributed by atoms with Crippen molar-refractivity contribution in [2.24, 2.45) is 5.92 Å². The molecule has 0 spiro atoms. The Morgan fingerprint density at radius 1 is 1.33 bits per heavy atom. The SMILES string of the molecule is CC(C)CCNC(=O)CNCCc1ccccn1. The third-order valence-electron chi connectivity index (χ3n) is 2.61. The van der Waals surface area contributed by atoms with Crippen molar-refractivity contribution in [3.8, 4) is 0 Å². The van der Waals surface area contributed by atoms with Gasteiger partial charge in [-0.2, -0.15) is 0 Å². The summed E-state index contributed by atoms with van der Waals surface area (Å²) in [4.78, 5) is 15.7. The lowest BCUT2D eigenvalue weighted by molar-refractivity contribution is -0.120. The quantitative estimate of drug-likeness (QED) is 0.684. The zero-order valence-corrected chi connectivity index (χ0v) is 11.3. The second-order valence-corrected chi connectivity index (χ2v) is 4.78. The molecule has 0 radical (unpaired) electrons. The lowest BCUT2D eigenvalue weighted by Gasteiger charge is -2.08. The molecule has 1 heterocycles. The fraction of sp³-hybridized carbons (Fsp3) is 0.571. The van der Waals surface area contributed by atoms with E-state index >= 15 is 0 Å². The van der Waals surface area contributed by atoms with Crippen LogP contribution in [0.2, 0.25) is 0 Å². The number of nitrogens with zero attached hydrogens (tertiary/aromatic N) is 1. The first-order chi connectivity index (χ1) is 8.68. The van der Waals surface area contributed by atoms with Crippen LogP contribution in [-0.2, 0) is 11.2 Å². The van der Waals surface area contributed by atoms with Gasteiger partial charge in [0.2, 0.25) is 5.91 Å². The molecule has 4 heteroatoms. The number of carbonyl (C=O) groups excluding carboxylic acids is 1. The highest BCUT2D eigenvalue weighted by Gasteiger charge is 2.01. The number of carbonyl (C=O) groups is 1. The molecule has 18 heavy (non-hydrogen) atoms. The van der Waals surface area contributed by atoms with Crippen molar-refractivity contribution in [3.05, 3.63) is 30.1 Å². The normalized spacial score (nSPS) is 10.6. The van der Waals surface area contributed by atoms with E-state index < -0.39 is 0 Å². The maximum Gasteiger partial charge on any atom is 0.233 e. The van der Waals surface area contributed by atoms with Crippen LogP contribution >= 0.6 is 0 Å². The molecule has 2 N–H and O–H groups in total. The predicted molar refractivity (Wildman–Crippen MR) is 73.3 cm³/mol. The number of pyridine rings is 1. The Balaban J connectivity index is 2.02. The van der Waals surface area contributed by atoms with Gasteiger partial charge in [0.15, 0.2) is 0 Å². The Hall–Kier alpha value is -1.42. The van der Waals surface area contributed by atoms with Crippen LogP contribution in [0.5, 0.6) is 0 Å². The van der Waals surface area contributed by atoms with E-state index in [0.29, 0.717) is 12.5 Å². The molecule has 100 valence electrons. The summed E-state index contributed by atoms with van der Waals surface area (Å²) < 4.78 is 0. The van der Waals surface area contributed by atoms with E-state index in [1.165, 1.54) is 0 Å². The average Bonchev–Trinajstić information content (AvgIpc) is 2.35. The molecule has 0 unspecified atom stereocenters. The van der Waals surface area contributed by atoms with Gasteiger partial charge in [-0.05, 0) is 24.5 Å². The fourth-order valence-corrected chi connectivity index (χ4v) is 1.53. The Morgan fingerprint density at radius 2 is 2.17 bits per heavy atom. The third kappa shape index (κ3) is 7.01. The van der Waals surface area contributed by atoms with Gasteiger partial charge in [0.05, 0.1) is 6.54 Å². The van der Waals surface area contributed by atoms with Gasteiger partial charge in [0.25, 0.3) is 0 Å². The minimum Gasteiger partial charge on any atom is -0.355 e. The molecule has 1 aromatic heterocycles. The zero-order chi connectivity index (χ0) is 13.2. The molecule has 0 fully saturated rings. The largest absolute Gasteiger partial charge is 0.355 e. The Labute approximate surface area is 109 Å². The van der Waals surface area contributed by atoms with Crippen molar-refractivity contribution in [2.75, 3.05) is 19.6 Å². The van der Waals surface area contributed by atoms with Gasteiger partial charge in [-0.25, -0.2) is 0 Å². The highest BCUT2D eigenvalue weighted by Crippen LogP contribution is 1.96. The first-order valence-corrected chi connectivity index (χ1v) is 6.56. The number of hydrogen-bond donors (Lipinski definition) is 2. The molecular weight excluding hydrogens is 226 g/mol. The first-order valence-electron chi connectivity index (χ1n) is 6.56. The van der Waals surface area contributed by atoms with Crippen molar-refractivity contribution >= 4 is 5.91 Å². The summed E-state index contributed by atoms with van der Waals surface area (Å²) >= 11 is 0. The van der Waals surface area contributed by atoms with Crippen LogP contribution < -0.4 is 10.6 Å². The van der Waals surface area contributed by atoms with Crippen molar-refractivity contribution < 1.29 is 4.79 Å². The average molecular weight is 249 g/mol. The predicted octanol–water partition coefficient (Wildman–Crippen LogP) is 1.38. The Morgan fingerprint density at radius 3 is 2.83 bits per heavy atom. The molecule has 1 amide bonds. The van der Waals surface area contributed by atoms with Gasteiger partial charge in [-0.3, -0.25) is 9.78 Å². The van der Waals surface area contributed by atoms with E-state index in [9.17, 15) is 4.79 Å².